The van der Waals surface area contributed by atoms with E-state index >= 15 is 22.0 Å². The van der Waals surface area contributed by atoms with Crippen molar-refractivity contribution >= 4 is 0 Å². The van der Waals surface area contributed by atoms with Crippen LogP contribution in [0.2, 0.25) is 0 Å². The van der Waals surface area contributed by atoms with Gasteiger partial charge in [-0.25, -0.2) is 39.5 Å². The van der Waals surface area contributed by atoms with Gasteiger partial charge in [0, 0.05) is 0 Å². The third-order valence-corrected chi connectivity index (χ3v) is 7.94. The van der Waals surface area contributed by atoms with E-state index in [-0.39, 0.29) is 0 Å². The van der Waals surface area contributed by atoms with Crippen molar-refractivity contribution in [2.45, 2.75) is 75.2 Å². The van der Waals surface area contributed by atoms with E-state index < -0.39 is 81.1 Å². The molecule has 0 spiro atoms. The standard InChI is InChI=1S/C14HF19/c15-2-1-3(16)6(20)8(22,14(32,33)9(23,10(2,24)25)11(3,26)27)5(2,19)12(28,29)7(21,4(1,17)18)13(6,30)31/h1H. The predicted molar refractivity (Wildman–Crippen MR) is 60.0 cm³/mol. The first-order chi connectivity index (χ1) is 14.1. The van der Waals surface area contributed by atoms with Gasteiger partial charge in [-0.2, -0.15) is 43.9 Å². The van der Waals surface area contributed by atoms with Crippen LogP contribution in [0.4, 0.5) is 83.4 Å². The third kappa shape index (κ3) is 1.10. The first-order valence-corrected chi connectivity index (χ1v) is 8.21. The van der Waals surface area contributed by atoms with Gasteiger partial charge >= 0.3 is 46.9 Å². The number of alkyl halides is 19. The van der Waals surface area contributed by atoms with Gasteiger partial charge in [-0.1, -0.05) is 0 Å². The number of hydrogen-bond donors (Lipinski definition) is 0. The van der Waals surface area contributed by atoms with Gasteiger partial charge in [0.25, 0.3) is 17.0 Å². The highest BCUT2D eigenvalue weighted by atomic mass is 19.3. The van der Waals surface area contributed by atoms with E-state index in [4.69, 9.17) is 0 Å². The van der Waals surface area contributed by atoms with Crippen LogP contribution in [0.1, 0.15) is 0 Å². The summed E-state index contributed by atoms with van der Waals surface area (Å²) >= 11 is 0. The normalized spacial score (nSPS) is 63.2. The Morgan fingerprint density at radius 3 is 0.848 bits per heavy atom. The summed E-state index contributed by atoms with van der Waals surface area (Å²) in [5.74, 6) is -54.7. The van der Waals surface area contributed by atoms with Crippen molar-refractivity contribution in [1.82, 2.24) is 0 Å². The van der Waals surface area contributed by atoms with E-state index in [2.05, 4.69) is 0 Å². The van der Waals surface area contributed by atoms with Crippen LogP contribution in [-0.4, -0.2) is 75.2 Å². The summed E-state index contributed by atoms with van der Waals surface area (Å²) in [4.78, 5) is 0. The van der Waals surface area contributed by atoms with Crippen LogP contribution in [0.5, 0.6) is 0 Å². The van der Waals surface area contributed by atoms with Crippen molar-refractivity contribution in [3.8, 4) is 0 Å². The van der Waals surface area contributed by atoms with Crippen molar-refractivity contribution in [1.29, 1.82) is 0 Å². The minimum Gasteiger partial charge on any atom is -0.232 e. The fourth-order valence-corrected chi connectivity index (χ4v) is 6.65. The van der Waals surface area contributed by atoms with Gasteiger partial charge in [0.1, 0.15) is 5.92 Å². The minimum absolute atomic E-state index is 6.38. The topological polar surface area (TPSA) is 0 Å². The molecule has 7 fully saturated rings. The molecule has 0 nitrogen and oxygen atoms in total. The maximum Gasteiger partial charge on any atom is 0.334 e. The fourth-order valence-electron chi connectivity index (χ4n) is 6.65. The molecule has 0 radical (unpaired) electrons. The lowest BCUT2D eigenvalue weighted by atomic mass is 9.24. The zero-order chi connectivity index (χ0) is 26.1. The summed E-state index contributed by atoms with van der Waals surface area (Å²) in [7, 11) is 0. The molecule has 7 rings (SSSR count). The first kappa shape index (κ1) is 23.4. The van der Waals surface area contributed by atoms with Crippen LogP contribution in [0.25, 0.3) is 0 Å². The highest BCUT2D eigenvalue weighted by molar-refractivity contribution is 5.65. The van der Waals surface area contributed by atoms with E-state index in [0.29, 0.717) is 0 Å². The lowest BCUT2D eigenvalue weighted by molar-refractivity contribution is -0.647. The smallest absolute Gasteiger partial charge is 0.232 e. The monoisotopic (exact) mass is 530 g/mol. The Labute approximate surface area is 166 Å². The summed E-state index contributed by atoms with van der Waals surface area (Å²) in [5, 5.41) is 0. The molecular weight excluding hydrogens is 529 g/mol. The molecule has 0 heterocycles. The Kier molecular flexibility index (Phi) is 3.02. The zero-order valence-corrected chi connectivity index (χ0v) is 14.3. The average molecular weight is 530 g/mol. The largest absolute Gasteiger partial charge is 0.334 e. The summed E-state index contributed by atoms with van der Waals surface area (Å²) in [6.07, 6.45) is 0. The molecule has 0 aliphatic heterocycles. The number of halogens is 19. The van der Waals surface area contributed by atoms with Crippen LogP contribution in [-0.2, 0) is 0 Å². The molecule has 0 saturated heterocycles. The highest BCUT2D eigenvalue weighted by Crippen LogP contribution is 2.97. The second kappa shape index (κ2) is 4.25. The summed E-state index contributed by atoms with van der Waals surface area (Å²) in [5.41, 5.74) is -55.3. The van der Waals surface area contributed by atoms with E-state index in [1.165, 1.54) is 0 Å². The molecule has 0 aromatic rings. The van der Waals surface area contributed by atoms with Crippen LogP contribution in [0, 0.1) is 5.92 Å². The van der Waals surface area contributed by atoms with E-state index in [1.54, 1.807) is 0 Å². The van der Waals surface area contributed by atoms with Gasteiger partial charge in [0.15, 0.2) is 0 Å². The molecule has 4 atom stereocenters. The molecule has 7 aliphatic rings. The summed E-state index contributed by atoms with van der Waals surface area (Å²) in [6.45, 7) is 0. The Hall–Kier alpha value is -1.33. The molecule has 33 heavy (non-hydrogen) atoms. The lowest BCUT2D eigenvalue weighted by Gasteiger charge is -2.84. The Morgan fingerprint density at radius 2 is 0.545 bits per heavy atom. The van der Waals surface area contributed by atoms with Gasteiger partial charge in [-0.15, -0.1) is 0 Å². The minimum atomic E-state index is -8.24. The van der Waals surface area contributed by atoms with E-state index in [1.807, 2.05) is 0 Å². The zero-order valence-electron chi connectivity index (χ0n) is 14.3. The van der Waals surface area contributed by atoms with Gasteiger partial charge in [-0.05, 0) is 0 Å². The summed E-state index contributed by atoms with van der Waals surface area (Å²) < 4.78 is 280. The lowest BCUT2D eigenvalue weighted by Crippen LogP contribution is -3.18. The van der Waals surface area contributed by atoms with Crippen molar-refractivity contribution < 1.29 is 83.4 Å². The van der Waals surface area contributed by atoms with E-state index in [9.17, 15) is 61.5 Å². The first-order valence-electron chi connectivity index (χ1n) is 8.21. The van der Waals surface area contributed by atoms with Gasteiger partial charge in [0.2, 0.25) is 11.3 Å². The molecular formula is C14HF19. The number of hydrogen-bond acceptors (Lipinski definition) is 0. The van der Waals surface area contributed by atoms with Crippen LogP contribution >= 0.6 is 0 Å². The average Bonchev–Trinajstić information content (AvgIpc) is 2.64. The summed E-state index contributed by atoms with van der Waals surface area (Å²) in [6, 6.07) is 0. The molecule has 4 unspecified atom stereocenters. The molecule has 190 valence electrons. The molecule has 7 saturated carbocycles. The molecule has 7 aliphatic carbocycles. The Bertz CT molecular complexity index is 974. The Balaban J connectivity index is 2.20. The molecule has 0 amide bonds. The van der Waals surface area contributed by atoms with Crippen LogP contribution in [0.15, 0.2) is 0 Å². The highest BCUT2D eigenvalue weighted by Gasteiger charge is 3.29. The molecule has 19 heteroatoms. The molecule has 0 N–H and O–H groups in total. The Morgan fingerprint density at radius 1 is 0.273 bits per heavy atom. The fraction of sp³-hybridized carbons (Fsp3) is 1.00. The van der Waals surface area contributed by atoms with Crippen molar-refractivity contribution in [3.05, 3.63) is 0 Å². The maximum absolute atomic E-state index is 15.3. The van der Waals surface area contributed by atoms with Gasteiger partial charge in [0.05, 0.1) is 0 Å². The van der Waals surface area contributed by atoms with Crippen molar-refractivity contribution in [3.63, 3.8) is 0 Å². The third-order valence-electron chi connectivity index (χ3n) is 7.94. The van der Waals surface area contributed by atoms with Gasteiger partial charge < -0.3 is 0 Å². The molecule has 0 aromatic carbocycles. The van der Waals surface area contributed by atoms with E-state index in [0.717, 1.165) is 0 Å². The van der Waals surface area contributed by atoms with Crippen molar-refractivity contribution in [2.24, 2.45) is 5.92 Å². The molecule has 8 bridgehead atoms. The predicted octanol–water partition coefficient (Wildman–Crippen LogP) is 5.44. The second-order valence-corrected chi connectivity index (χ2v) is 8.64. The van der Waals surface area contributed by atoms with Gasteiger partial charge in [-0.3, -0.25) is 0 Å². The van der Waals surface area contributed by atoms with Crippen LogP contribution < -0.4 is 0 Å². The maximum atomic E-state index is 15.3. The van der Waals surface area contributed by atoms with Crippen LogP contribution in [0.3, 0.4) is 0 Å². The molecule has 0 aromatic heterocycles. The quantitative estimate of drug-likeness (QED) is 0.367. The SMILES string of the molecule is FC1(F)C2C3(F)C(F)(F)C4(F)C(F)(F)C2(F)C2(F)C(F)(F)C1(F)C(F)(F)C3(F)C2(F)C4(F)F. The number of rotatable bonds is 0. The van der Waals surface area contributed by atoms with Crippen molar-refractivity contribution in [2.75, 3.05) is 0 Å². The second-order valence-electron chi connectivity index (χ2n) is 8.64.